The van der Waals surface area contributed by atoms with E-state index in [4.69, 9.17) is 9.84 Å². The smallest absolute Gasteiger partial charge is 0.259 e. The predicted octanol–water partition coefficient (Wildman–Crippen LogP) is 5.34. The summed E-state index contributed by atoms with van der Waals surface area (Å²) < 4.78 is 7.04. The van der Waals surface area contributed by atoms with Crippen LogP contribution in [0, 0.1) is 0 Å². The van der Waals surface area contributed by atoms with E-state index in [9.17, 15) is 9.59 Å². The van der Waals surface area contributed by atoms with Crippen LogP contribution in [0.5, 0.6) is 5.75 Å². The van der Waals surface area contributed by atoms with Crippen LogP contribution in [0.15, 0.2) is 85.1 Å². The summed E-state index contributed by atoms with van der Waals surface area (Å²) >= 11 is 0. The molecule has 0 atom stereocenters. The number of carbonyl (C=O) groups excluding carboxylic acids is 2. The Bertz CT molecular complexity index is 1330. The highest BCUT2D eigenvalue weighted by atomic mass is 16.5. The topological polar surface area (TPSA) is 76.5 Å². The fourth-order valence-corrected chi connectivity index (χ4v) is 4.02. The van der Waals surface area contributed by atoms with Crippen molar-refractivity contribution in [2.75, 3.05) is 25.5 Å². The summed E-state index contributed by atoms with van der Waals surface area (Å²) in [6.07, 6.45) is 1.76. The Kier molecular flexibility index (Phi) is 7.80. The molecule has 36 heavy (non-hydrogen) atoms. The second-order valence-electron chi connectivity index (χ2n) is 8.32. The molecule has 0 aliphatic carbocycles. The van der Waals surface area contributed by atoms with Crippen molar-refractivity contribution >= 4 is 17.5 Å². The maximum Gasteiger partial charge on any atom is 0.259 e. The van der Waals surface area contributed by atoms with E-state index in [-0.39, 0.29) is 11.8 Å². The molecule has 0 bridgehead atoms. The van der Waals surface area contributed by atoms with Crippen molar-refractivity contribution in [1.82, 2.24) is 14.7 Å². The molecule has 0 aliphatic rings. The lowest BCUT2D eigenvalue weighted by Gasteiger charge is -2.19. The minimum atomic E-state index is -0.299. The first-order chi connectivity index (χ1) is 17.5. The highest BCUT2D eigenvalue weighted by Crippen LogP contribution is 2.26. The molecule has 7 heteroatoms. The van der Waals surface area contributed by atoms with Crippen molar-refractivity contribution in [2.24, 2.45) is 0 Å². The zero-order valence-corrected chi connectivity index (χ0v) is 20.8. The van der Waals surface area contributed by atoms with E-state index in [0.29, 0.717) is 42.1 Å². The van der Waals surface area contributed by atoms with E-state index in [1.165, 1.54) is 0 Å². The van der Waals surface area contributed by atoms with Gasteiger partial charge in [0, 0.05) is 36.1 Å². The third-order valence-electron chi connectivity index (χ3n) is 5.98. The Balaban J connectivity index is 1.64. The van der Waals surface area contributed by atoms with Crippen LogP contribution in [0.2, 0.25) is 0 Å². The molecule has 0 radical (unpaired) electrons. The fraction of sp³-hybridized carbons (Fsp3) is 0.207. The number of hydrogen-bond donors (Lipinski definition) is 1. The molecular weight excluding hydrogens is 452 g/mol. The minimum absolute atomic E-state index is 0.0642. The van der Waals surface area contributed by atoms with Gasteiger partial charge in [0.1, 0.15) is 11.4 Å². The van der Waals surface area contributed by atoms with Gasteiger partial charge in [0.25, 0.3) is 11.8 Å². The van der Waals surface area contributed by atoms with Gasteiger partial charge in [-0.1, -0.05) is 36.4 Å². The van der Waals surface area contributed by atoms with Crippen molar-refractivity contribution in [1.29, 1.82) is 0 Å². The van der Waals surface area contributed by atoms with Crippen molar-refractivity contribution in [3.8, 4) is 17.0 Å². The third kappa shape index (κ3) is 5.63. The third-order valence-corrected chi connectivity index (χ3v) is 5.98. The zero-order valence-electron chi connectivity index (χ0n) is 20.8. The van der Waals surface area contributed by atoms with Gasteiger partial charge in [-0.05, 0) is 61.9 Å². The number of nitrogens with one attached hydrogen (secondary N) is 1. The van der Waals surface area contributed by atoms with Gasteiger partial charge in [-0.2, -0.15) is 5.10 Å². The summed E-state index contributed by atoms with van der Waals surface area (Å²) in [4.78, 5) is 28.0. The number of amides is 2. The van der Waals surface area contributed by atoms with Crippen LogP contribution in [-0.4, -0.2) is 46.7 Å². The summed E-state index contributed by atoms with van der Waals surface area (Å²) in [7, 11) is 1.61. The molecule has 0 unspecified atom stereocenters. The van der Waals surface area contributed by atoms with E-state index in [1.807, 2.05) is 68.4 Å². The SMILES string of the molecule is CCN(CC)C(=O)c1cccc(NC(=O)c2cn(Cc3ccccc3)nc2-c2ccc(OC)cc2)c1. The first-order valence-electron chi connectivity index (χ1n) is 12.0. The quantitative estimate of drug-likeness (QED) is 0.349. The van der Waals surface area contributed by atoms with Gasteiger partial charge < -0.3 is 15.0 Å². The van der Waals surface area contributed by atoms with Crippen molar-refractivity contribution in [2.45, 2.75) is 20.4 Å². The Morgan fingerprint density at radius 2 is 1.67 bits per heavy atom. The number of benzene rings is 3. The maximum absolute atomic E-state index is 13.4. The molecule has 0 fully saturated rings. The maximum atomic E-state index is 13.4. The first-order valence-corrected chi connectivity index (χ1v) is 12.0. The Morgan fingerprint density at radius 1 is 0.944 bits per heavy atom. The Hall–Kier alpha value is -4.39. The predicted molar refractivity (Wildman–Crippen MR) is 141 cm³/mol. The van der Waals surface area contributed by atoms with Crippen LogP contribution in [-0.2, 0) is 6.54 Å². The standard InChI is InChI=1S/C29H30N4O3/c1-4-32(5-2)29(35)23-12-9-13-24(18-23)30-28(34)26-20-33(19-21-10-7-6-8-11-21)31-27(26)22-14-16-25(36-3)17-15-22/h6-18,20H,4-5,19H2,1-3H3,(H,30,34). The van der Waals surface area contributed by atoms with Crippen LogP contribution in [0.25, 0.3) is 11.3 Å². The molecule has 0 saturated carbocycles. The molecule has 1 aromatic heterocycles. The van der Waals surface area contributed by atoms with Crippen LogP contribution >= 0.6 is 0 Å². The number of aromatic nitrogens is 2. The first kappa shape index (κ1) is 24.7. The van der Waals surface area contributed by atoms with Crippen LogP contribution in [0.1, 0.15) is 40.1 Å². The van der Waals surface area contributed by atoms with Crippen molar-refractivity contribution < 1.29 is 14.3 Å². The lowest BCUT2D eigenvalue weighted by atomic mass is 10.1. The molecular formula is C29H30N4O3. The highest BCUT2D eigenvalue weighted by molar-refractivity contribution is 6.08. The van der Waals surface area contributed by atoms with E-state index in [2.05, 4.69) is 5.32 Å². The average molecular weight is 483 g/mol. The fourth-order valence-electron chi connectivity index (χ4n) is 4.02. The molecule has 7 nitrogen and oxygen atoms in total. The molecule has 3 aromatic carbocycles. The lowest BCUT2D eigenvalue weighted by molar-refractivity contribution is 0.0772. The number of methoxy groups -OCH3 is 1. The molecule has 1 heterocycles. The molecule has 184 valence electrons. The highest BCUT2D eigenvalue weighted by Gasteiger charge is 2.20. The molecule has 0 aliphatic heterocycles. The average Bonchev–Trinajstić information content (AvgIpc) is 3.34. The summed E-state index contributed by atoms with van der Waals surface area (Å²) in [6, 6.07) is 24.4. The van der Waals surface area contributed by atoms with E-state index < -0.39 is 0 Å². The molecule has 2 amide bonds. The number of hydrogen-bond acceptors (Lipinski definition) is 4. The van der Waals surface area contributed by atoms with Crippen LogP contribution in [0.4, 0.5) is 5.69 Å². The molecule has 4 aromatic rings. The van der Waals surface area contributed by atoms with Crippen LogP contribution < -0.4 is 10.1 Å². The number of rotatable bonds is 9. The normalized spacial score (nSPS) is 10.6. The lowest BCUT2D eigenvalue weighted by Crippen LogP contribution is -2.30. The monoisotopic (exact) mass is 482 g/mol. The number of ether oxygens (including phenoxy) is 1. The summed E-state index contributed by atoms with van der Waals surface area (Å²) in [5, 5.41) is 7.69. The van der Waals surface area contributed by atoms with E-state index >= 15 is 0 Å². The van der Waals surface area contributed by atoms with Gasteiger partial charge in [0.05, 0.1) is 19.2 Å². The summed E-state index contributed by atoms with van der Waals surface area (Å²) in [5.41, 5.74) is 3.98. The zero-order chi connectivity index (χ0) is 25.5. The van der Waals surface area contributed by atoms with Gasteiger partial charge in [-0.15, -0.1) is 0 Å². The van der Waals surface area contributed by atoms with Crippen molar-refractivity contribution in [3.63, 3.8) is 0 Å². The van der Waals surface area contributed by atoms with E-state index in [1.54, 1.807) is 47.2 Å². The molecule has 1 N–H and O–H groups in total. The summed E-state index contributed by atoms with van der Waals surface area (Å²) in [6.45, 7) is 5.67. The minimum Gasteiger partial charge on any atom is -0.497 e. The van der Waals surface area contributed by atoms with Gasteiger partial charge in [-0.3, -0.25) is 14.3 Å². The summed E-state index contributed by atoms with van der Waals surface area (Å²) in [5.74, 6) is 0.362. The largest absolute Gasteiger partial charge is 0.497 e. The van der Waals surface area contributed by atoms with Gasteiger partial charge in [-0.25, -0.2) is 0 Å². The van der Waals surface area contributed by atoms with Gasteiger partial charge >= 0.3 is 0 Å². The number of anilines is 1. The van der Waals surface area contributed by atoms with Crippen molar-refractivity contribution in [3.05, 3.63) is 102 Å². The van der Waals surface area contributed by atoms with Crippen LogP contribution in [0.3, 0.4) is 0 Å². The number of nitrogens with zero attached hydrogens (tertiary/aromatic N) is 3. The molecule has 0 saturated heterocycles. The second kappa shape index (κ2) is 11.4. The van der Waals surface area contributed by atoms with Gasteiger partial charge in [0.15, 0.2) is 0 Å². The Labute approximate surface area is 211 Å². The van der Waals surface area contributed by atoms with E-state index in [0.717, 1.165) is 16.9 Å². The molecule has 0 spiro atoms. The number of carbonyl (C=O) groups is 2. The Morgan fingerprint density at radius 3 is 2.33 bits per heavy atom. The second-order valence-corrected chi connectivity index (χ2v) is 8.32. The molecule has 4 rings (SSSR count). The van der Waals surface area contributed by atoms with Gasteiger partial charge in [0.2, 0.25) is 0 Å².